The Labute approximate surface area is 166 Å². The van der Waals surface area contributed by atoms with Crippen LogP contribution in [0.25, 0.3) is 32.7 Å². The van der Waals surface area contributed by atoms with Crippen LogP contribution in [-0.2, 0) is 6.42 Å². The maximum Gasteiger partial charge on any atom is 0.142 e. The lowest BCUT2D eigenvalue weighted by Gasteiger charge is -2.11. The highest BCUT2D eigenvalue weighted by atomic mass is 35.5. The Kier molecular flexibility index (Phi) is 5.03. The van der Waals surface area contributed by atoms with Crippen molar-refractivity contribution >= 4 is 33.1 Å². The van der Waals surface area contributed by atoms with Crippen LogP contribution < -0.4 is 0 Å². The van der Waals surface area contributed by atoms with Crippen LogP contribution in [0.5, 0.6) is 0 Å². The Bertz CT molecular complexity index is 1200. The van der Waals surface area contributed by atoms with Crippen LogP contribution in [0.15, 0.2) is 54.6 Å². The Hall–Kier alpha value is -2.52. The van der Waals surface area contributed by atoms with Gasteiger partial charge in [-0.2, -0.15) is 0 Å². The number of hydrogen-bond acceptors (Lipinski definition) is 0. The maximum atomic E-state index is 14.9. The first-order valence-electron chi connectivity index (χ1n) is 9.28. The van der Waals surface area contributed by atoms with E-state index in [1.54, 1.807) is 30.3 Å². The Morgan fingerprint density at radius 1 is 0.714 bits per heavy atom. The molecule has 0 unspecified atom stereocenters. The van der Waals surface area contributed by atoms with Gasteiger partial charge in [-0.15, -0.1) is 0 Å². The van der Waals surface area contributed by atoms with Crippen molar-refractivity contribution in [2.75, 3.05) is 0 Å². The second-order valence-corrected chi connectivity index (χ2v) is 7.39. The zero-order valence-electron chi connectivity index (χ0n) is 15.3. The van der Waals surface area contributed by atoms with E-state index in [4.69, 9.17) is 11.6 Å². The highest BCUT2D eigenvalue weighted by molar-refractivity contribution is 6.30. The van der Waals surface area contributed by atoms with Crippen molar-refractivity contribution in [2.24, 2.45) is 0 Å². The summed E-state index contributed by atoms with van der Waals surface area (Å²) in [5.74, 6) is -1.37. The van der Waals surface area contributed by atoms with Gasteiger partial charge in [-0.25, -0.2) is 13.2 Å². The monoisotopic (exact) mass is 398 g/mol. The predicted octanol–water partition coefficient (Wildman–Crippen LogP) is 8.07. The summed E-state index contributed by atoms with van der Waals surface area (Å²) >= 11 is 5.74. The summed E-state index contributed by atoms with van der Waals surface area (Å²) in [6.45, 7) is 2.05. The van der Waals surface area contributed by atoms with Gasteiger partial charge < -0.3 is 0 Å². The van der Waals surface area contributed by atoms with E-state index in [-0.39, 0.29) is 10.8 Å². The fraction of sp³-hybridized carbons (Fsp3) is 0.167. The van der Waals surface area contributed by atoms with Crippen LogP contribution in [0, 0.1) is 17.5 Å². The minimum atomic E-state index is -0.528. The van der Waals surface area contributed by atoms with Crippen molar-refractivity contribution in [1.82, 2.24) is 0 Å². The average Bonchev–Trinajstić information content (AvgIpc) is 2.70. The molecule has 0 saturated carbocycles. The molecular formula is C24H18ClF3. The number of unbranched alkanes of at least 4 members (excludes halogenated alkanes) is 1. The standard InChI is InChI=1S/C24H18ClF3/c1-2-3-4-14-5-8-18-17-9-6-15(16-7-10-21(25)23(27)12-16)11-19(17)22(26)13-20(18)24(14)28/h5-13H,2-4H2,1H3. The summed E-state index contributed by atoms with van der Waals surface area (Å²) in [6.07, 6.45) is 2.50. The SMILES string of the molecule is CCCCc1ccc2c(cc(F)c3cc(-c4ccc(Cl)c(F)c4)ccc32)c1F. The zero-order valence-corrected chi connectivity index (χ0v) is 16.1. The fourth-order valence-electron chi connectivity index (χ4n) is 3.61. The minimum absolute atomic E-state index is 0.0380. The van der Waals surface area contributed by atoms with Gasteiger partial charge in [-0.1, -0.05) is 55.3 Å². The zero-order chi connectivity index (χ0) is 19.8. The highest BCUT2D eigenvalue weighted by Crippen LogP contribution is 2.34. The van der Waals surface area contributed by atoms with E-state index < -0.39 is 11.6 Å². The third kappa shape index (κ3) is 3.24. The summed E-state index contributed by atoms with van der Waals surface area (Å²) in [5, 5.41) is 2.01. The van der Waals surface area contributed by atoms with E-state index >= 15 is 0 Å². The average molecular weight is 399 g/mol. The quantitative estimate of drug-likeness (QED) is 0.305. The van der Waals surface area contributed by atoms with Crippen LogP contribution in [-0.4, -0.2) is 0 Å². The smallest absolute Gasteiger partial charge is 0.142 e. The molecule has 0 spiro atoms. The van der Waals surface area contributed by atoms with Gasteiger partial charge in [0.1, 0.15) is 17.5 Å². The third-order valence-electron chi connectivity index (χ3n) is 5.15. The lowest BCUT2D eigenvalue weighted by molar-refractivity contribution is 0.611. The van der Waals surface area contributed by atoms with Gasteiger partial charge in [0, 0.05) is 10.8 Å². The first kappa shape index (κ1) is 18.8. The minimum Gasteiger partial charge on any atom is -0.206 e. The van der Waals surface area contributed by atoms with Gasteiger partial charge in [0.15, 0.2) is 0 Å². The first-order valence-corrected chi connectivity index (χ1v) is 9.66. The van der Waals surface area contributed by atoms with Crippen LogP contribution in [0.4, 0.5) is 13.2 Å². The van der Waals surface area contributed by atoms with Crippen molar-refractivity contribution in [3.8, 4) is 11.1 Å². The summed E-state index contributed by atoms with van der Waals surface area (Å²) in [5.41, 5.74) is 1.88. The molecule has 4 rings (SSSR count). The van der Waals surface area contributed by atoms with Gasteiger partial charge in [-0.05, 0) is 64.6 Å². The van der Waals surface area contributed by atoms with Gasteiger partial charge in [0.2, 0.25) is 0 Å². The maximum absolute atomic E-state index is 14.9. The Morgan fingerprint density at radius 3 is 2.14 bits per heavy atom. The van der Waals surface area contributed by atoms with Crippen molar-refractivity contribution < 1.29 is 13.2 Å². The molecule has 0 bridgehead atoms. The van der Waals surface area contributed by atoms with Gasteiger partial charge in [0.25, 0.3) is 0 Å². The van der Waals surface area contributed by atoms with Gasteiger partial charge in [0.05, 0.1) is 5.02 Å². The number of halogens is 4. The van der Waals surface area contributed by atoms with E-state index in [0.717, 1.165) is 12.8 Å². The Balaban J connectivity index is 1.89. The van der Waals surface area contributed by atoms with E-state index in [2.05, 4.69) is 6.92 Å². The topological polar surface area (TPSA) is 0 Å². The highest BCUT2D eigenvalue weighted by Gasteiger charge is 2.14. The number of fused-ring (bicyclic) bond motifs is 3. The van der Waals surface area contributed by atoms with Crippen molar-refractivity contribution in [2.45, 2.75) is 26.2 Å². The summed E-state index contributed by atoms with van der Waals surface area (Å²) < 4.78 is 43.6. The van der Waals surface area contributed by atoms with E-state index in [0.29, 0.717) is 44.7 Å². The number of aryl methyl sites for hydroxylation is 1. The van der Waals surface area contributed by atoms with E-state index in [1.807, 2.05) is 6.07 Å². The van der Waals surface area contributed by atoms with E-state index in [9.17, 15) is 13.2 Å². The Morgan fingerprint density at radius 2 is 1.39 bits per heavy atom. The van der Waals surface area contributed by atoms with Gasteiger partial charge >= 0.3 is 0 Å². The van der Waals surface area contributed by atoms with Crippen LogP contribution in [0.3, 0.4) is 0 Å². The second-order valence-electron chi connectivity index (χ2n) is 6.98. The lowest BCUT2D eigenvalue weighted by Crippen LogP contribution is -1.94. The molecule has 0 aromatic heterocycles. The molecule has 0 saturated heterocycles. The van der Waals surface area contributed by atoms with Crippen LogP contribution >= 0.6 is 11.6 Å². The summed E-state index contributed by atoms with van der Waals surface area (Å²) in [4.78, 5) is 0. The molecule has 0 heterocycles. The number of hydrogen-bond donors (Lipinski definition) is 0. The molecule has 0 amide bonds. The molecule has 0 radical (unpaired) electrons. The molecule has 0 aliphatic carbocycles. The summed E-state index contributed by atoms with van der Waals surface area (Å²) in [7, 11) is 0. The van der Waals surface area contributed by atoms with Crippen molar-refractivity contribution in [3.63, 3.8) is 0 Å². The largest absolute Gasteiger partial charge is 0.206 e. The number of rotatable bonds is 4. The van der Waals surface area contributed by atoms with E-state index in [1.165, 1.54) is 18.2 Å². The molecule has 4 heteroatoms. The van der Waals surface area contributed by atoms with Gasteiger partial charge in [-0.3, -0.25) is 0 Å². The number of benzene rings is 4. The molecule has 142 valence electrons. The molecule has 4 aromatic rings. The normalized spacial score (nSPS) is 11.5. The molecule has 0 N–H and O–H groups in total. The molecule has 0 aliphatic heterocycles. The van der Waals surface area contributed by atoms with Crippen molar-refractivity contribution in [1.29, 1.82) is 0 Å². The van der Waals surface area contributed by atoms with Crippen LogP contribution in [0.2, 0.25) is 5.02 Å². The van der Waals surface area contributed by atoms with Crippen molar-refractivity contribution in [3.05, 3.63) is 82.6 Å². The fourth-order valence-corrected chi connectivity index (χ4v) is 3.73. The molecule has 0 aliphatic rings. The molecular weight excluding hydrogens is 381 g/mol. The predicted molar refractivity (Wildman–Crippen MR) is 110 cm³/mol. The molecule has 0 nitrogen and oxygen atoms in total. The summed E-state index contributed by atoms with van der Waals surface area (Å²) in [6, 6.07) is 14.6. The molecule has 28 heavy (non-hydrogen) atoms. The molecule has 0 fully saturated rings. The lowest BCUT2D eigenvalue weighted by atomic mass is 9.95. The van der Waals surface area contributed by atoms with Crippen LogP contribution in [0.1, 0.15) is 25.3 Å². The molecule has 0 atom stereocenters. The second kappa shape index (κ2) is 7.48. The molecule has 4 aromatic carbocycles. The first-order chi connectivity index (χ1) is 13.5. The third-order valence-corrected chi connectivity index (χ3v) is 5.46.